The molecule has 28 heavy (non-hydrogen) atoms. The number of benzene rings is 2. The lowest BCUT2D eigenvalue weighted by atomic mass is 9.98. The molecule has 1 aliphatic heterocycles. The first-order valence-corrected chi connectivity index (χ1v) is 9.99. The van der Waals surface area contributed by atoms with Crippen LogP contribution in [0, 0.1) is 0 Å². The number of aromatic nitrogens is 1. The van der Waals surface area contributed by atoms with Crippen LogP contribution < -0.4 is 10.1 Å². The zero-order valence-corrected chi connectivity index (χ0v) is 16.9. The Kier molecular flexibility index (Phi) is 5.05. The Bertz CT molecular complexity index is 1100. The minimum Gasteiger partial charge on any atom is -0.494 e. The SMILES string of the molecule is CCCCOc1ccc(-c2[nH]c3ccccc3c2C2=C(Br)C(=O)NC2=O)cc1. The first kappa shape index (κ1) is 18.5. The Labute approximate surface area is 170 Å². The van der Waals surface area contributed by atoms with E-state index in [-0.39, 0.29) is 4.48 Å². The van der Waals surface area contributed by atoms with Gasteiger partial charge in [0.2, 0.25) is 0 Å². The number of carbonyl (C=O) groups is 2. The van der Waals surface area contributed by atoms with Gasteiger partial charge in [-0.1, -0.05) is 31.5 Å². The third kappa shape index (κ3) is 3.24. The summed E-state index contributed by atoms with van der Waals surface area (Å²) in [6.45, 7) is 2.82. The molecule has 6 heteroatoms. The van der Waals surface area contributed by atoms with Crippen LogP contribution in [-0.4, -0.2) is 23.4 Å². The summed E-state index contributed by atoms with van der Waals surface area (Å²) in [6.07, 6.45) is 2.10. The second-order valence-electron chi connectivity index (χ2n) is 6.62. The number of carbonyl (C=O) groups excluding carboxylic acids is 2. The molecule has 2 N–H and O–H groups in total. The van der Waals surface area contributed by atoms with Gasteiger partial charge in [0.15, 0.2) is 0 Å². The first-order chi connectivity index (χ1) is 13.6. The number of para-hydroxylation sites is 1. The normalized spacial score (nSPS) is 14.1. The summed E-state index contributed by atoms with van der Waals surface area (Å²) in [6, 6.07) is 15.5. The van der Waals surface area contributed by atoms with Crippen molar-refractivity contribution in [2.75, 3.05) is 6.61 Å². The molecule has 1 aromatic heterocycles. The minimum atomic E-state index is -0.420. The van der Waals surface area contributed by atoms with Gasteiger partial charge in [0, 0.05) is 16.5 Å². The third-order valence-electron chi connectivity index (χ3n) is 4.74. The quantitative estimate of drug-likeness (QED) is 0.429. The number of H-pyrrole nitrogens is 1. The molecule has 0 saturated carbocycles. The largest absolute Gasteiger partial charge is 0.494 e. The molecule has 0 unspecified atom stereocenters. The topological polar surface area (TPSA) is 71.2 Å². The Hall–Kier alpha value is -2.86. The molecule has 0 atom stereocenters. The van der Waals surface area contributed by atoms with E-state index in [1.165, 1.54) is 0 Å². The van der Waals surface area contributed by atoms with Gasteiger partial charge in [0.1, 0.15) is 5.75 Å². The summed E-state index contributed by atoms with van der Waals surface area (Å²) < 4.78 is 5.99. The molecule has 2 amide bonds. The molecule has 1 aliphatic rings. The molecule has 142 valence electrons. The molecule has 4 rings (SSSR count). The number of fused-ring (bicyclic) bond motifs is 1. The van der Waals surface area contributed by atoms with Crippen LogP contribution in [0.1, 0.15) is 25.3 Å². The predicted molar refractivity (Wildman–Crippen MR) is 113 cm³/mol. The van der Waals surface area contributed by atoms with Gasteiger partial charge in [-0.2, -0.15) is 0 Å². The number of nitrogens with one attached hydrogen (secondary N) is 2. The summed E-state index contributed by atoms with van der Waals surface area (Å²) in [5, 5.41) is 3.24. The van der Waals surface area contributed by atoms with Crippen molar-refractivity contribution in [1.82, 2.24) is 10.3 Å². The maximum atomic E-state index is 12.5. The zero-order chi connectivity index (χ0) is 19.7. The summed E-state index contributed by atoms with van der Waals surface area (Å²) in [5.41, 5.74) is 3.66. The van der Waals surface area contributed by atoms with Crippen LogP contribution in [0.3, 0.4) is 0 Å². The fraction of sp³-hybridized carbons (Fsp3) is 0.182. The van der Waals surface area contributed by atoms with Crippen molar-refractivity contribution in [2.24, 2.45) is 0 Å². The van der Waals surface area contributed by atoms with E-state index in [0.717, 1.165) is 40.8 Å². The molecule has 0 saturated heterocycles. The maximum Gasteiger partial charge on any atom is 0.265 e. The molecule has 5 nitrogen and oxygen atoms in total. The van der Waals surface area contributed by atoms with Crippen LogP contribution >= 0.6 is 15.9 Å². The third-order valence-corrected chi connectivity index (χ3v) is 5.50. The van der Waals surface area contributed by atoms with Crippen LogP contribution in [0.15, 0.2) is 53.0 Å². The van der Waals surface area contributed by atoms with Gasteiger partial charge >= 0.3 is 0 Å². The van der Waals surface area contributed by atoms with Gasteiger partial charge in [0.05, 0.1) is 22.4 Å². The zero-order valence-electron chi connectivity index (χ0n) is 15.3. The molecule has 0 bridgehead atoms. The number of hydrogen-bond acceptors (Lipinski definition) is 3. The Balaban J connectivity index is 1.82. The lowest BCUT2D eigenvalue weighted by Gasteiger charge is -2.08. The second-order valence-corrected chi connectivity index (χ2v) is 7.41. The van der Waals surface area contributed by atoms with E-state index in [2.05, 4.69) is 33.2 Å². The molecule has 2 aromatic carbocycles. The Morgan fingerprint density at radius 2 is 1.75 bits per heavy atom. The van der Waals surface area contributed by atoms with Gasteiger partial charge in [-0.25, -0.2) is 0 Å². The van der Waals surface area contributed by atoms with E-state index in [1.54, 1.807) is 0 Å². The summed E-state index contributed by atoms with van der Waals surface area (Å²) in [7, 11) is 0. The van der Waals surface area contributed by atoms with Crippen molar-refractivity contribution < 1.29 is 14.3 Å². The van der Waals surface area contributed by atoms with E-state index in [9.17, 15) is 9.59 Å². The molecular weight excluding hydrogens is 420 g/mol. The molecule has 0 spiro atoms. The maximum absolute atomic E-state index is 12.5. The van der Waals surface area contributed by atoms with Gasteiger partial charge in [0.25, 0.3) is 11.8 Å². The van der Waals surface area contributed by atoms with Gasteiger partial charge in [-0.3, -0.25) is 14.9 Å². The van der Waals surface area contributed by atoms with Crippen molar-refractivity contribution in [3.05, 3.63) is 58.6 Å². The average molecular weight is 439 g/mol. The Morgan fingerprint density at radius 3 is 2.43 bits per heavy atom. The van der Waals surface area contributed by atoms with Crippen molar-refractivity contribution in [2.45, 2.75) is 19.8 Å². The number of amides is 2. The van der Waals surface area contributed by atoms with Crippen molar-refractivity contribution in [1.29, 1.82) is 0 Å². The highest BCUT2D eigenvalue weighted by molar-refractivity contribution is 9.12. The molecule has 2 heterocycles. The average Bonchev–Trinajstić information content (AvgIpc) is 3.19. The molecule has 0 radical (unpaired) electrons. The second kappa shape index (κ2) is 7.64. The van der Waals surface area contributed by atoms with E-state index >= 15 is 0 Å². The van der Waals surface area contributed by atoms with Crippen molar-refractivity contribution >= 4 is 44.2 Å². The number of imide groups is 1. The molecular formula is C22H19BrN2O3. The minimum absolute atomic E-state index is 0.253. The summed E-state index contributed by atoms with van der Waals surface area (Å²) in [5.74, 6) is -0.0117. The highest BCUT2D eigenvalue weighted by Crippen LogP contribution is 2.39. The summed E-state index contributed by atoms with van der Waals surface area (Å²) >= 11 is 3.28. The lowest BCUT2D eigenvalue weighted by molar-refractivity contribution is -0.123. The van der Waals surface area contributed by atoms with E-state index < -0.39 is 11.8 Å². The number of halogens is 1. The molecule has 0 fully saturated rings. The van der Waals surface area contributed by atoms with Crippen molar-refractivity contribution in [3.63, 3.8) is 0 Å². The van der Waals surface area contributed by atoms with E-state index in [4.69, 9.17) is 4.74 Å². The lowest BCUT2D eigenvalue weighted by Crippen LogP contribution is -2.22. The number of unbranched alkanes of at least 4 members (excludes halogenated alkanes) is 1. The van der Waals surface area contributed by atoms with Crippen LogP contribution in [0.4, 0.5) is 0 Å². The highest BCUT2D eigenvalue weighted by atomic mass is 79.9. The standard InChI is InChI=1S/C22H19BrN2O3/c1-2-3-12-28-14-10-8-13(9-11-14)20-17(15-6-4-5-7-16(15)24-20)18-19(23)22(27)25-21(18)26/h4-11,24H,2-3,12H2,1H3,(H,25,26,27). The highest BCUT2D eigenvalue weighted by Gasteiger charge is 2.33. The van der Waals surface area contributed by atoms with Crippen LogP contribution in [0.5, 0.6) is 5.75 Å². The first-order valence-electron chi connectivity index (χ1n) is 9.20. The van der Waals surface area contributed by atoms with Gasteiger partial charge in [-0.05, 0) is 58.2 Å². The number of aromatic amines is 1. The number of hydrogen-bond donors (Lipinski definition) is 2. The fourth-order valence-electron chi connectivity index (χ4n) is 3.33. The van der Waals surface area contributed by atoms with Crippen molar-refractivity contribution in [3.8, 4) is 17.0 Å². The number of ether oxygens (including phenoxy) is 1. The Morgan fingerprint density at radius 1 is 1.00 bits per heavy atom. The molecule has 0 aliphatic carbocycles. The predicted octanol–water partition coefficient (Wildman–Crippen LogP) is 4.78. The van der Waals surface area contributed by atoms with Gasteiger partial charge in [-0.15, -0.1) is 0 Å². The van der Waals surface area contributed by atoms with E-state index in [1.807, 2.05) is 48.5 Å². The van der Waals surface area contributed by atoms with E-state index in [0.29, 0.717) is 17.7 Å². The van der Waals surface area contributed by atoms with Crippen LogP contribution in [0.25, 0.3) is 27.7 Å². The molecule has 3 aromatic rings. The number of rotatable bonds is 6. The summed E-state index contributed by atoms with van der Waals surface area (Å²) in [4.78, 5) is 27.8. The fourth-order valence-corrected chi connectivity index (χ4v) is 3.80. The van der Waals surface area contributed by atoms with Crippen LogP contribution in [0.2, 0.25) is 0 Å². The van der Waals surface area contributed by atoms with Crippen LogP contribution in [-0.2, 0) is 9.59 Å². The smallest absolute Gasteiger partial charge is 0.265 e. The monoisotopic (exact) mass is 438 g/mol. The van der Waals surface area contributed by atoms with Gasteiger partial charge < -0.3 is 9.72 Å².